The molecule has 0 aliphatic heterocycles. The summed E-state index contributed by atoms with van der Waals surface area (Å²) in [5.41, 5.74) is 11.8. The van der Waals surface area contributed by atoms with Crippen LogP contribution >= 0.6 is 0 Å². The van der Waals surface area contributed by atoms with Crippen LogP contribution in [0.5, 0.6) is 17.2 Å². The minimum absolute atomic E-state index is 0.618. The average Bonchev–Trinajstić information content (AvgIpc) is 3.11. The molecule has 4 N–H and O–H groups in total. The number of benzene rings is 2. The van der Waals surface area contributed by atoms with Crippen LogP contribution in [-0.2, 0) is 6.54 Å². The van der Waals surface area contributed by atoms with Crippen LogP contribution in [0, 0.1) is 0 Å². The number of hydrogen-bond donors (Lipinski definition) is 3. The number of nitrogens with two attached hydrogens (primary N) is 1. The van der Waals surface area contributed by atoms with Gasteiger partial charge in [-0.3, -0.25) is 0 Å². The fourth-order valence-electron chi connectivity index (χ4n) is 3.83. The molecule has 0 aliphatic rings. The van der Waals surface area contributed by atoms with Gasteiger partial charge in [-0.05, 0) is 97.3 Å². The first-order valence-corrected chi connectivity index (χ1v) is 19.5. The van der Waals surface area contributed by atoms with E-state index in [0.717, 1.165) is 101 Å². The third-order valence-corrected chi connectivity index (χ3v) is 6.44. The predicted octanol–water partition coefficient (Wildman–Crippen LogP) is 11.9. The number of hydrogen-bond acceptors (Lipinski definition) is 7. The van der Waals surface area contributed by atoms with Gasteiger partial charge >= 0.3 is 0 Å². The van der Waals surface area contributed by atoms with Gasteiger partial charge in [0.2, 0.25) is 0 Å². The molecule has 0 saturated carbocycles. The lowest BCUT2D eigenvalue weighted by Crippen LogP contribution is -2.25. The van der Waals surface area contributed by atoms with Crippen LogP contribution in [0.25, 0.3) is 0 Å². The van der Waals surface area contributed by atoms with Crippen molar-refractivity contribution in [2.24, 2.45) is 0 Å². The summed E-state index contributed by atoms with van der Waals surface area (Å²) in [6.45, 7) is 44.1. The van der Waals surface area contributed by atoms with Gasteiger partial charge < -0.3 is 35.5 Å². The minimum Gasteiger partial charge on any atom is -0.493 e. The van der Waals surface area contributed by atoms with Crippen LogP contribution in [0.15, 0.2) is 85.7 Å². The highest BCUT2D eigenvalue weighted by Gasteiger charge is 2.17. The van der Waals surface area contributed by atoms with Crippen LogP contribution in [0.2, 0.25) is 0 Å². The molecule has 0 atom stereocenters. The number of nitrogens with one attached hydrogen (secondary N) is 2. The summed E-state index contributed by atoms with van der Waals surface area (Å²) in [6, 6.07) is 12.2. The van der Waals surface area contributed by atoms with E-state index in [4.69, 9.17) is 19.9 Å². The van der Waals surface area contributed by atoms with Crippen LogP contribution in [0.3, 0.4) is 0 Å². The molecule has 52 heavy (non-hydrogen) atoms. The lowest BCUT2D eigenvalue weighted by molar-refractivity contribution is 0.298. The maximum Gasteiger partial charge on any atom is 0.148 e. The van der Waals surface area contributed by atoms with Crippen molar-refractivity contribution in [2.75, 3.05) is 56.6 Å². The molecule has 2 aromatic carbocycles. The van der Waals surface area contributed by atoms with Crippen LogP contribution in [-0.4, -0.2) is 45.9 Å². The van der Waals surface area contributed by atoms with E-state index in [2.05, 4.69) is 102 Å². The highest BCUT2D eigenvalue weighted by Crippen LogP contribution is 2.38. The van der Waals surface area contributed by atoms with Gasteiger partial charge in [-0.15, -0.1) is 19.7 Å². The molecule has 0 unspecified atom stereocenters. The summed E-state index contributed by atoms with van der Waals surface area (Å²) in [6.07, 6.45) is 7.78. The number of anilines is 2. The van der Waals surface area contributed by atoms with Crippen LogP contribution in [0.4, 0.5) is 11.4 Å². The minimum atomic E-state index is 0.618. The number of ether oxygens (including phenoxy) is 3. The molecule has 298 valence electrons. The van der Waals surface area contributed by atoms with Crippen LogP contribution < -0.4 is 35.5 Å². The molecule has 7 heteroatoms. The van der Waals surface area contributed by atoms with Gasteiger partial charge in [0.1, 0.15) is 17.2 Å². The Morgan fingerprint density at radius 1 is 0.750 bits per heavy atom. The SMILES string of the molecule is C=C(C)C.C=C(C)C.C=C(CC)Oc1ccc(CN(CCCC)c2cc(OCCCNCC)cc(OCCC)c2N)cc1.C=CCC.CCNCC. The van der Waals surface area contributed by atoms with Crippen molar-refractivity contribution in [3.05, 3.63) is 91.3 Å². The maximum absolute atomic E-state index is 6.65. The first-order valence-electron chi connectivity index (χ1n) is 19.5. The lowest BCUT2D eigenvalue weighted by Gasteiger charge is -2.28. The van der Waals surface area contributed by atoms with E-state index in [-0.39, 0.29) is 0 Å². The topological polar surface area (TPSA) is 81.0 Å². The third-order valence-electron chi connectivity index (χ3n) is 6.44. The van der Waals surface area contributed by atoms with Crippen molar-refractivity contribution in [1.82, 2.24) is 10.6 Å². The summed E-state index contributed by atoms with van der Waals surface area (Å²) in [5, 5.41) is 6.44. The largest absolute Gasteiger partial charge is 0.493 e. The van der Waals surface area contributed by atoms with Gasteiger partial charge in [-0.25, -0.2) is 0 Å². The highest BCUT2D eigenvalue weighted by atomic mass is 16.5. The van der Waals surface area contributed by atoms with Crippen LogP contribution in [0.1, 0.15) is 120 Å². The predicted molar refractivity (Wildman–Crippen MR) is 233 cm³/mol. The number of allylic oxidation sites excluding steroid dienone is 4. The molecule has 0 aromatic heterocycles. The van der Waals surface area contributed by atoms with E-state index < -0.39 is 0 Å². The zero-order valence-corrected chi connectivity index (χ0v) is 35.5. The van der Waals surface area contributed by atoms with E-state index in [9.17, 15) is 0 Å². The van der Waals surface area contributed by atoms with Gasteiger partial charge in [0.25, 0.3) is 0 Å². The zero-order chi connectivity index (χ0) is 40.2. The molecule has 0 radical (unpaired) electrons. The molecule has 7 nitrogen and oxygen atoms in total. The molecule has 0 aliphatic carbocycles. The Bertz CT molecular complexity index is 1160. The first-order chi connectivity index (χ1) is 24.8. The van der Waals surface area contributed by atoms with E-state index >= 15 is 0 Å². The third kappa shape index (κ3) is 32.2. The summed E-state index contributed by atoms with van der Waals surface area (Å²) in [4.78, 5) is 2.32. The molecule has 0 fully saturated rings. The summed E-state index contributed by atoms with van der Waals surface area (Å²) < 4.78 is 17.9. The number of nitrogens with zero attached hydrogens (tertiary/aromatic N) is 1. The smallest absolute Gasteiger partial charge is 0.148 e. The van der Waals surface area contributed by atoms with Crippen molar-refractivity contribution in [3.63, 3.8) is 0 Å². The Morgan fingerprint density at radius 2 is 1.31 bits per heavy atom. The van der Waals surface area contributed by atoms with E-state index in [1.807, 2.05) is 58.9 Å². The van der Waals surface area contributed by atoms with Crippen molar-refractivity contribution < 1.29 is 14.2 Å². The molecule has 0 saturated heterocycles. The summed E-state index contributed by atoms with van der Waals surface area (Å²) in [5.74, 6) is 3.05. The van der Waals surface area contributed by atoms with E-state index in [0.29, 0.717) is 24.7 Å². The van der Waals surface area contributed by atoms with Gasteiger partial charge in [-0.1, -0.05) is 90.8 Å². The Labute approximate surface area is 321 Å². The summed E-state index contributed by atoms with van der Waals surface area (Å²) in [7, 11) is 0. The fourth-order valence-corrected chi connectivity index (χ4v) is 3.83. The van der Waals surface area contributed by atoms with E-state index in [1.54, 1.807) is 0 Å². The molecule has 0 spiro atoms. The molecule has 2 rings (SSSR count). The zero-order valence-electron chi connectivity index (χ0n) is 35.5. The fraction of sp³-hybridized carbons (Fsp3) is 0.556. The second-order valence-electron chi connectivity index (χ2n) is 12.7. The molecule has 0 heterocycles. The van der Waals surface area contributed by atoms with E-state index in [1.165, 1.54) is 16.7 Å². The summed E-state index contributed by atoms with van der Waals surface area (Å²) >= 11 is 0. The van der Waals surface area contributed by atoms with Gasteiger partial charge in [-0.2, -0.15) is 0 Å². The van der Waals surface area contributed by atoms with Crippen molar-refractivity contribution in [3.8, 4) is 17.2 Å². The Morgan fingerprint density at radius 3 is 1.75 bits per heavy atom. The molecule has 0 amide bonds. The molecule has 2 aromatic rings. The van der Waals surface area contributed by atoms with Crippen molar-refractivity contribution >= 4 is 11.4 Å². The van der Waals surface area contributed by atoms with Gasteiger partial charge in [0, 0.05) is 31.6 Å². The molecule has 0 bridgehead atoms. The normalized spacial score (nSPS) is 9.52. The van der Waals surface area contributed by atoms with Gasteiger partial charge in [0.05, 0.1) is 30.3 Å². The van der Waals surface area contributed by atoms with Crippen molar-refractivity contribution in [1.29, 1.82) is 0 Å². The Balaban J connectivity index is -0.00000117. The Kier molecular flexibility index (Phi) is 37.6. The quantitative estimate of drug-likeness (QED) is 0.0512. The second kappa shape index (κ2) is 37.1. The highest BCUT2D eigenvalue weighted by molar-refractivity contribution is 5.76. The monoisotopic (exact) mass is 725 g/mol. The number of rotatable bonds is 21. The van der Waals surface area contributed by atoms with Crippen molar-refractivity contribution in [2.45, 2.75) is 121 Å². The number of unbranched alkanes of at least 4 members (excludes halogenated alkanes) is 1. The molecular formula is C45H80N4O3. The second-order valence-corrected chi connectivity index (χ2v) is 12.7. The standard InChI is InChI=1S/C29H45N3O3.C4H11N.3C4H8/c1-6-10-17-32(22-24-12-14-25(15-13-24)35-23(5)8-3)27-20-26(33-19-11-16-31-9-4)21-28(29(27)30)34-18-7-2;1-3-5-4-2;2*1-4(2)3;1-3-4-2/h12-15,20-21,31H,5-11,16-19,22,30H2,1-4H3;5H,3-4H2,1-2H3;2*1H2,2-3H3;3H,1,4H2,2H3. The Hall–Kier alpha value is -3.68. The average molecular weight is 725 g/mol. The molecular weight excluding hydrogens is 645 g/mol. The maximum atomic E-state index is 6.65. The lowest BCUT2D eigenvalue weighted by atomic mass is 10.1. The van der Waals surface area contributed by atoms with Gasteiger partial charge in [0.15, 0.2) is 0 Å². The number of nitrogen functional groups attached to an aromatic ring is 1. The first kappa shape index (κ1) is 52.7.